The maximum Gasteiger partial charge on any atom is 0.312 e. The standard InChI is InChI=1S/C15H28O3/c1-14(2,3)18-13(17)15(4,5)8-6-7-11-9-12(11)10-16/h11-12,16H,6-10H2,1-5H3/t11-,12+/m1/s1. The van der Waals surface area contributed by atoms with Crippen LogP contribution in [0, 0.1) is 17.3 Å². The molecule has 0 aromatic rings. The summed E-state index contributed by atoms with van der Waals surface area (Å²) < 4.78 is 5.44. The molecule has 0 aromatic carbocycles. The number of rotatable bonds is 6. The number of esters is 1. The summed E-state index contributed by atoms with van der Waals surface area (Å²) in [7, 11) is 0. The van der Waals surface area contributed by atoms with E-state index in [1.165, 1.54) is 0 Å². The van der Waals surface area contributed by atoms with Crippen LogP contribution in [0.25, 0.3) is 0 Å². The van der Waals surface area contributed by atoms with E-state index in [1.54, 1.807) is 0 Å². The van der Waals surface area contributed by atoms with Crippen molar-refractivity contribution in [3.05, 3.63) is 0 Å². The third-order valence-electron chi connectivity index (χ3n) is 3.63. The van der Waals surface area contributed by atoms with Gasteiger partial charge >= 0.3 is 5.97 Å². The van der Waals surface area contributed by atoms with Crippen LogP contribution in [0.3, 0.4) is 0 Å². The summed E-state index contributed by atoms with van der Waals surface area (Å²) in [5, 5.41) is 8.98. The molecule has 1 fully saturated rings. The first-order chi connectivity index (χ1) is 8.15. The molecule has 0 bridgehead atoms. The van der Waals surface area contributed by atoms with Gasteiger partial charge in [0.15, 0.2) is 0 Å². The number of hydrogen-bond acceptors (Lipinski definition) is 3. The van der Waals surface area contributed by atoms with Crippen molar-refractivity contribution >= 4 is 5.97 Å². The Hall–Kier alpha value is -0.570. The minimum atomic E-state index is -0.410. The van der Waals surface area contributed by atoms with E-state index in [4.69, 9.17) is 9.84 Å². The fraction of sp³-hybridized carbons (Fsp3) is 0.933. The molecule has 0 aliphatic heterocycles. The van der Waals surface area contributed by atoms with Crippen LogP contribution in [0.1, 0.15) is 60.3 Å². The summed E-state index contributed by atoms with van der Waals surface area (Å²) in [5.74, 6) is 1.10. The fourth-order valence-electron chi connectivity index (χ4n) is 2.21. The number of carbonyl (C=O) groups excluding carboxylic acids is 1. The first kappa shape index (κ1) is 15.5. The average molecular weight is 256 g/mol. The molecule has 2 atom stereocenters. The molecule has 0 unspecified atom stereocenters. The Morgan fingerprint density at radius 1 is 1.22 bits per heavy atom. The zero-order valence-electron chi connectivity index (χ0n) is 12.5. The zero-order chi connectivity index (χ0) is 14.0. The van der Waals surface area contributed by atoms with E-state index < -0.39 is 11.0 Å². The van der Waals surface area contributed by atoms with E-state index in [2.05, 4.69) is 0 Å². The molecule has 106 valence electrons. The van der Waals surface area contributed by atoms with Gasteiger partial charge in [-0.05, 0) is 59.3 Å². The number of aliphatic hydroxyl groups is 1. The van der Waals surface area contributed by atoms with Crippen molar-refractivity contribution in [3.63, 3.8) is 0 Å². The second kappa shape index (κ2) is 5.60. The molecule has 3 nitrogen and oxygen atoms in total. The molecule has 1 aliphatic rings. The summed E-state index contributed by atoms with van der Waals surface area (Å²) in [6, 6.07) is 0. The maximum atomic E-state index is 12.0. The number of carbonyl (C=O) groups is 1. The fourth-order valence-corrected chi connectivity index (χ4v) is 2.21. The Kier molecular flexibility index (Phi) is 4.82. The normalized spacial score (nSPS) is 23.9. The molecule has 0 saturated heterocycles. The number of aliphatic hydroxyl groups excluding tert-OH is 1. The van der Waals surface area contributed by atoms with Gasteiger partial charge in [0.25, 0.3) is 0 Å². The molecular formula is C15H28O3. The summed E-state index contributed by atoms with van der Waals surface area (Å²) in [6.45, 7) is 9.93. The summed E-state index contributed by atoms with van der Waals surface area (Å²) in [6.07, 6.45) is 4.17. The van der Waals surface area contributed by atoms with Crippen molar-refractivity contribution in [3.8, 4) is 0 Å². The Morgan fingerprint density at radius 3 is 2.28 bits per heavy atom. The van der Waals surface area contributed by atoms with E-state index in [9.17, 15) is 4.79 Å². The molecular weight excluding hydrogens is 228 g/mol. The van der Waals surface area contributed by atoms with E-state index >= 15 is 0 Å². The van der Waals surface area contributed by atoms with Gasteiger partial charge in [0.2, 0.25) is 0 Å². The first-order valence-corrected chi connectivity index (χ1v) is 7.00. The molecule has 3 heteroatoms. The molecule has 1 saturated carbocycles. The highest BCUT2D eigenvalue weighted by Crippen LogP contribution is 2.42. The van der Waals surface area contributed by atoms with Crippen LogP contribution in [0.5, 0.6) is 0 Å². The highest BCUT2D eigenvalue weighted by molar-refractivity contribution is 5.76. The average Bonchev–Trinajstić information content (AvgIpc) is 2.93. The van der Waals surface area contributed by atoms with Crippen LogP contribution in [0.15, 0.2) is 0 Å². The van der Waals surface area contributed by atoms with Gasteiger partial charge in [-0.1, -0.05) is 12.8 Å². The minimum absolute atomic E-state index is 0.107. The maximum absolute atomic E-state index is 12.0. The van der Waals surface area contributed by atoms with Gasteiger partial charge in [-0.25, -0.2) is 0 Å². The van der Waals surface area contributed by atoms with Gasteiger partial charge < -0.3 is 9.84 Å². The Labute approximate surface area is 111 Å². The lowest BCUT2D eigenvalue weighted by molar-refractivity contribution is -0.166. The monoisotopic (exact) mass is 256 g/mol. The number of hydrogen-bond donors (Lipinski definition) is 1. The molecule has 0 radical (unpaired) electrons. The predicted molar refractivity (Wildman–Crippen MR) is 72.2 cm³/mol. The van der Waals surface area contributed by atoms with E-state index in [0.29, 0.717) is 18.4 Å². The van der Waals surface area contributed by atoms with Crippen molar-refractivity contribution in [1.82, 2.24) is 0 Å². The highest BCUT2D eigenvalue weighted by Gasteiger charge is 2.37. The third kappa shape index (κ3) is 4.97. The second-order valence-corrected chi connectivity index (χ2v) is 7.22. The molecule has 0 aromatic heterocycles. The Morgan fingerprint density at radius 2 is 1.83 bits per heavy atom. The lowest BCUT2D eigenvalue weighted by Crippen LogP contribution is -2.33. The van der Waals surface area contributed by atoms with E-state index in [1.807, 2.05) is 34.6 Å². The van der Waals surface area contributed by atoms with Gasteiger partial charge in [0, 0.05) is 6.61 Å². The van der Waals surface area contributed by atoms with Crippen LogP contribution < -0.4 is 0 Å². The van der Waals surface area contributed by atoms with Crippen LogP contribution in [-0.4, -0.2) is 23.3 Å². The van der Waals surface area contributed by atoms with Crippen LogP contribution in [0.4, 0.5) is 0 Å². The highest BCUT2D eigenvalue weighted by atomic mass is 16.6. The third-order valence-corrected chi connectivity index (χ3v) is 3.63. The molecule has 1 rings (SSSR count). The van der Waals surface area contributed by atoms with E-state index in [-0.39, 0.29) is 5.97 Å². The molecule has 0 heterocycles. The Balaban J connectivity index is 2.28. The molecule has 0 spiro atoms. The number of ether oxygens (including phenoxy) is 1. The van der Waals surface area contributed by atoms with Crippen molar-refractivity contribution in [2.45, 2.75) is 65.9 Å². The van der Waals surface area contributed by atoms with Crippen molar-refractivity contribution in [1.29, 1.82) is 0 Å². The lowest BCUT2D eigenvalue weighted by atomic mass is 9.86. The van der Waals surface area contributed by atoms with Gasteiger partial charge in [0.1, 0.15) is 5.60 Å². The molecule has 18 heavy (non-hydrogen) atoms. The van der Waals surface area contributed by atoms with Gasteiger partial charge in [-0.2, -0.15) is 0 Å². The van der Waals surface area contributed by atoms with Crippen molar-refractivity contribution < 1.29 is 14.6 Å². The Bertz CT molecular complexity index is 289. The van der Waals surface area contributed by atoms with Gasteiger partial charge in [0.05, 0.1) is 5.41 Å². The molecule has 1 aliphatic carbocycles. The van der Waals surface area contributed by atoms with Gasteiger partial charge in [-0.15, -0.1) is 0 Å². The van der Waals surface area contributed by atoms with Crippen LogP contribution >= 0.6 is 0 Å². The molecule has 1 N–H and O–H groups in total. The summed E-state index contributed by atoms with van der Waals surface area (Å²) >= 11 is 0. The first-order valence-electron chi connectivity index (χ1n) is 7.00. The van der Waals surface area contributed by atoms with E-state index in [0.717, 1.165) is 25.7 Å². The minimum Gasteiger partial charge on any atom is -0.460 e. The zero-order valence-corrected chi connectivity index (χ0v) is 12.5. The SMILES string of the molecule is CC(C)(C)OC(=O)C(C)(C)CCC[C@@H]1C[C@H]1CO. The largest absolute Gasteiger partial charge is 0.460 e. The molecule has 0 amide bonds. The van der Waals surface area contributed by atoms with Crippen molar-refractivity contribution in [2.75, 3.05) is 6.61 Å². The smallest absolute Gasteiger partial charge is 0.312 e. The summed E-state index contributed by atoms with van der Waals surface area (Å²) in [4.78, 5) is 12.0. The topological polar surface area (TPSA) is 46.5 Å². The van der Waals surface area contributed by atoms with Gasteiger partial charge in [-0.3, -0.25) is 4.79 Å². The lowest BCUT2D eigenvalue weighted by Gasteiger charge is -2.28. The quantitative estimate of drug-likeness (QED) is 0.743. The van der Waals surface area contributed by atoms with Crippen molar-refractivity contribution in [2.24, 2.45) is 17.3 Å². The van der Waals surface area contributed by atoms with Crippen LogP contribution in [-0.2, 0) is 9.53 Å². The predicted octanol–water partition coefficient (Wildman–Crippen LogP) is 3.15. The second-order valence-electron chi connectivity index (χ2n) is 7.22. The van der Waals surface area contributed by atoms with Crippen LogP contribution in [0.2, 0.25) is 0 Å². The summed E-state index contributed by atoms with van der Waals surface area (Å²) in [5.41, 5.74) is -0.816.